The highest BCUT2D eigenvalue weighted by Gasteiger charge is 2.13. The number of fused-ring (bicyclic) bond motifs is 2. The van der Waals surface area contributed by atoms with Gasteiger partial charge in [-0.25, -0.2) is 0 Å². The van der Waals surface area contributed by atoms with E-state index in [-0.39, 0.29) is 12.5 Å². The zero-order valence-electron chi connectivity index (χ0n) is 14.7. The summed E-state index contributed by atoms with van der Waals surface area (Å²) in [5, 5.41) is 7.68. The van der Waals surface area contributed by atoms with Crippen molar-refractivity contribution in [1.82, 2.24) is 0 Å². The number of hydrogen-bond donors (Lipinski definition) is 1. The first-order chi connectivity index (χ1) is 13.2. The molecule has 0 atom stereocenters. The van der Waals surface area contributed by atoms with Crippen molar-refractivity contribution in [1.29, 1.82) is 0 Å². The third-order valence-corrected chi connectivity index (χ3v) is 4.01. The van der Waals surface area contributed by atoms with Crippen molar-refractivity contribution in [3.05, 3.63) is 54.3 Å². The zero-order chi connectivity index (χ0) is 18.6. The third-order valence-electron chi connectivity index (χ3n) is 4.01. The Balaban J connectivity index is 1.34. The highest BCUT2D eigenvalue weighted by Crippen LogP contribution is 2.32. The van der Waals surface area contributed by atoms with Gasteiger partial charge in [0.1, 0.15) is 24.5 Å². The molecule has 4 rings (SSSR count). The Bertz CT molecular complexity index is 976. The van der Waals surface area contributed by atoms with Gasteiger partial charge in [-0.15, -0.1) is 0 Å². The van der Waals surface area contributed by atoms with Crippen LogP contribution in [-0.2, 0) is 9.63 Å². The Morgan fingerprint density at radius 1 is 1.11 bits per heavy atom. The summed E-state index contributed by atoms with van der Waals surface area (Å²) in [4.78, 5) is 17.2. The second-order valence-corrected chi connectivity index (χ2v) is 6.01. The van der Waals surface area contributed by atoms with Crippen molar-refractivity contribution < 1.29 is 23.5 Å². The number of nitrogens with zero attached hydrogens (tertiary/aromatic N) is 1. The van der Waals surface area contributed by atoms with E-state index < -0.39 is 0 Å². The quantitative estimate of drug-likeness (QED) is 0.551. The third kappa shape index (κ3) is 3.87. The maximum atomic E-state index is 12.0. The minimum Gasteiger partial charge on any atom is -0.486 e. The van der Waals surface area contributed by atoms with Crippen LogP contribution in [0.25, 0.3) is 11.0 Å². The Labute approximate surface area is 155 Å². The van der Waals surface area contributed by atoms with Crippen molar-refractivity contribution in [2.24, 2.45) is 5.16 Å². The molecule has 0 unspecified atom stereocenters. The van der Waals surface area contributed by atoms with Gasteiger partial charge in [0, 0.05) is 17.1 Å². The first-order valence-electron chi connectivity index (χ1n) is 8.54. The number of nitrogens with one attached hydrogen (secondary N) is 1. The van der Waals surface area contributed by atoms with Crippen LogP contribution in [0.1, 0.15) is 12.7 Å². The molecule has 0 saturated heterocycles. The molecule has 1 aliphatic heterocycles. The van der Waals surface area contributed by atoms with E-state index in [0.29, 0.717) is 41.9 Å². The molecule has 1 aromatic heterocycles. The van der Waals surface area contributed by atoms with Gasteiger partial charge in [0.2, 0.25) is 0 Å². The lowest BCUT2D eigenvalue weighted by molar-refractivity contribution is -0.120. The predicted octanol–water partition coefficient (Wildman–Crippen LogP) is 3.58. The Morgan fingerprint density at radius 2 is 1.93 bits per heavy atom. The molecule has 1 aliphatic rings. The maximum absolute atomic E-state index is 12.0. The normalized spacial score (nSPS) is 13.4. The topological polar surface area (TPSA) is 82.3 Å². The zero-order valence-corrected chi connectivity index (χ0v) is 14.7. The van der Waals surface area contributed by atoms with Crippen LogP contribution in [0.15, 0.2) is 58.1 Å². The molecule has 7 heteroatoms. The van der Waals surface area contributed by atoms with Crippen LogP contribution in [0.5, 0.6) is 11.5 Å². The van der Waals surface area contributed by atoms with E-state index in [1.807, 2.05) is 30.3 Å². The van der Waals surface area contributed by atoms with E-state index in [9.17, 15) is 4.79 Å². The molecule has 0 saturated carbocycles. The van der Waals surface area contributed by atoms with E-state index in [1.165, 1.54) is 0 Å². The summed E-state index contributed by atoms with van der Waals surface area (Å²) >= 11 is 0. The summed E-state index contributed by atoms with van der Waals surface area (Å²) < 4.78 is 16.6. The summed E-state index contributed by atoms with van der Waals surface area (Å²) in [5.74, 6) is 1.55. The van der Waals surface area contributed by atoms with Crippen molar-refractivity contribution in [3.63, 3.8) is 0 Å². The first kappa shape index (κ1) is 17.0. The molecule has 0 fully saturated rings. The summed E-state index contributed by atoms with van der Waals surface area (Å²) in [5.41, 5.74) is 1.93. The van der Waals surface area contributed by atoms with Gasteiger partial charge in [0.15, 0.2) is 23.9 Å². The van der Waals surface area contributed by atoms with Gasteiger partial charge in [0.05, 0.1) is 0 Å². The number of benzene rings is 2. The minimum atomic E-state index is -0.326. The smallest absolute Gasteiger partial charge is 0.265 e. The van der Waals surface area contributed by atoms with E-state index >= 15 is 0 Å². The highest BCUT2D eigenvalue weighted by atomic mass is 16.6. The van der Waals surface area contributed by atoms with Crippen LogP contribution in [-0.4, -0.2) is 31.4 Å². The monoisotopic (exact) mass is 366 g/mol. The molecule has 1 amide bonds. The van der Waals surface area contributed by atoms with Gasteiger partial charge in [-0.05, 0) is 31.2 Å². The second-order valence-electron chi connectivity index (χ2n) is 6.01. The Hall–Kier alpha value is -3.48. The fourth-order valence-corrected chi connectivity index (χ4v) is 2.71. The fourth-order valence-electron chi connectivity index (χ4n) is 2.71. The fraction of sp³-hybridized carbons (Fsp3) is 0.200. The van der Waals surface area contributed by atoms with Crippen LogP contribution in [0.4, 0.5) is 5.69 Å². The van der Waals surface area contributed by atoms with Gasteiger partial charge in [0.25, 0.3) is 5.91 Å². The summed E-state index contributed by atoms with van der Waals surface area (Å²) in [6.07, 6.45) is 0. The average molecular weight is 366 g/mol. The molecule has 138 valence electrons. The number of anilines is 1. The van der Waals surface area contributed by atoms with Gasteiger partial charge >= 0.3 is 0 Å². The van der Waals surface area contributed by atoms with E-state index in [1.54, 1.807) is 25.1 Å². The van der Waals surface area contributed by atoms with Crippen LogP contribution in [0.3, 0.4) is 0 Å². The SMILES string of the molecule is C/C(=N\OCC(=O)Nc1ccc2c(c1)OCCO2)c1cc2ccccc2o1. The van der Waals surface area contributed by atoms with Crippen molar-refractivity contribution >= 4 is 28.3 Å². The molecule has 2 aromatic carbocycles. The molecule has 0 radical (unpaired) electrons. The Kier molecular flexibility index (Phi) is 4.65. The first-order valence-corrected chi connectivity index (χ1v) is 8.54. The molecule has 0 bridgehead atoms. The number of furan rings is 1. The summed E-state index contributed by atoms with van der Waals surface area (Å²) in [6, 6.07) is 14.8. The largest absolute Gasteiger partial charge is 0.486 e. The molecule has 27 heavy (non-hydrogen) atoms. The Morgan fingerprint density at radius 3 is 2.78 bits per heavy atom. The minimum absolute atomic E-state index is 0.216. The number of rotatable bonds is 5. The molecule has 7 nitrogen and oxygen atoms in total. The van der Waals surface area contributed by atoms with E-state index in [2.05, 4.69) is 10.5 Å². The standard InChI is InChI=1S/C20H18N2O5/c1-13(18-10-14-4-2-3-5-16(14)27-18)22-26-12-20(23)21-15-6-7-17-19(11-15)25-9-8-24-17/h2-7,10-11H,8-9,12H2,1H3,(H,21,23)/b22-13+. The van der Waals surface area contributed by atoms with Gasteiger partial charge in [-0.3, -0.25) is 4.79 Å². The summed E-state index contributed by atoms with van der Waals surface area (Å²) in [6.45, 7) is 2.56. The lowest BCUT2D eigenvalue weighted by atomic mass is 10.2. The van der Waals surface area contributed by atoms with Gasteiger partial charge in [-0.2, -0.15) is 0 Å². The van der Waals surface area contributed by atoms with Crippen molar-refractivity contribution in [2.45, 2.75) is 6.92 Å². The molecule has 3 aromatic rings. The molecule has 2 heterocycles. The molecule has 0 spiro atoms. The van der Waals surface area contributed by atoms with E-state index in [0.717, 1.165) is 11.0 Å². The van der Waals surface area contributed by atoms with Gasteiger partial charge < -0.3 is 24.0 Å². The number of para-hydroxylation sites is 1. The number of ether oxygens (including phenoxy) is 2. The van der Waals surface area contributed by atoms with E-state index in [4.69, 9.17) is 18.7 Å². The number of amides is 1. The van der Waals surface area contributed by atoms with Crippen LogP contribution in [0.2, 0.25) is 0 Å². The lowest BCUT2D eigenvalue weighted by Gasteiger charge is -2.18. The van der Waals surface area contributed by atoms with Crippen LogP contribution < -0.4 is 14.8 Å². The number of oxime groups is 1. The number of carbonyl (C=O) groups excluding carboxylic acids is 1. The van der Waals surface area contributed by atoms with Crippen LogP contribution in [0, 0.1) is 0 Å². The molecular weight excluding hydrogens is 348 g/mol. The molecule has 0 aliphatic carbocycles. The van der Waals surface area contributed by atoms with Crippen molar-refractivity contribution in [2.75, 3.05) is 25.1 Å². The van der Waals surface area contributed by atoms with Crippen molar-refractivity contribution in [3.8, 4) is 11.5 Å². The van der Waals surface area contributed by atoms with Gasteiger partial charge in [-0.1, -0.05) is 23.4 Å². The summed E-state index contributed by atoms with van der Waals surface area (Å²) in [7, 11) is 0. The second kappa shape index (κ2) is 7.41. The average Bonchev–Trinajstić information content (AvgIpc) is 3.12. The predicted molar refractivity (Wildman–Crippen MR) is 100 cm³/mol. The maximum Gasteiger partial charge on any atom is 0.265 e. The number of carbonyl (C=O) groups is 1. The molecular formula is C20H18N2O5. The lowest BCUT2D eigenvalue weighted by Crippen LogP contribution is -2.18. The molecule has 1 N–H and O–H groups in total. The highest BCUT2D eigenvalue weighted by molar-refractivity contribution is 5.99. The number of hydrogen-bond acceptors (Lipinski definition) is 6. The van der Waals surface area contributed by atoms with Crippen LogP contribution >= 0.6 is 0 Å².